The summed E-state index contributed by atoms with van der Waals surface area (Å²) in [4.78, 5) is 34.0. The van der Waals surface area contributed by atoms with Gasteiger partial charge in [-0.15, -0.1) is 6.58 Å². The van der Waals surface area contributed by atoms with Gasteiger partial charge in [-0.3, -0.25) is 14.9 Å². The molecular formula is C15H16N2O7S. The Balaban J connectivity index is 2.38. The van der Waals surface area contributed by atoms with Crippen LogP contribution in [0.2, 0.25) is 0 Å². The maximum atomic E-state index is 12.7. The minimum Gasteiger partial charge on any atom is -0.464 e. The molecule has 0 aliphatic carbocycles. The maximum absolute atomic E-state index is 12.7. The highest BCUT2D eigenvalue weighted by Crippen LogP contribution is 2.36. The molecule has 1 aromatic carbocycles. The fourth-order valence-corrected chi connectivity index (χ4v) is 4.15. The molecule has 134 valence electrons. The average Bonchev–Trinajstić information content (AvgIpc) is 2.57. The van der Waals surface area contributed by atoms with Crippen molar-refractivity contribution >= 4 is 27.6 Å². The van der Waals surface area contributed by atoms with Crippen LogP contribution in [0.15, 0.2) is 41.8 Å². The molecule has 1 amide bonds. The van der Waals surface area contributed by atoms with E-state index >= 15 is 0 Å². The quantitative estimate of drug-likeness (QED) is 0.233. The lowest BCUT2D eigenvalue weighted by Crippen LogP contribution is -2.66. The summed E-state index contributed by atoms with van der Waals surface area (Å²) in [5, 5.41) is 10.7. The molecule has 0 N–H and O–H groups in total. The second-order valence-electron chi connectivity index (χ2n) is 5.22. The van der Waals surface area contributed by atoms with Gasteiger partial charge in [0, 0.05) is 12.1 Å². The van der Waals surface area contributed by atoms with E-state index in [-0.39, 0.29) is 23.6 Å². The first kappa shape index (κ1) is 18.6. The van der Waals surface area contributed by atoms with Gasteiger partial charge in [0.15, 0.2) is 6.04 Å². The van der Waals surface area contributed by atoms with E-state index in [0.29, 0.717) is 4.31 Å². The zero-order valence-corrected chi connectivity index (χ0v) is 14.1. The molecule has 9 nitrogen and oxygen atoms in total. The predicted molar refractivity (Wildman–Crippen MR) is 85.9 cm³/mol. The van der Waals surface area contributed by atoms with Gasteiger partial charge in [-0.05, 0) is 25.5 Å². The predicted octanol–water partition coefficient (Wildman–Crippen LogP) is 1.25. The molecule has 1 saturated heterocycles. The third-order valence-corrected chi connectivity index (χ3v) is 5.51. The van der Waals surface area contributed by atoms with Crippen LogP contribution in [0.25, 0.3) is 0 Å². The van der Waals surface area contributed by atoms with Crippen molar-refractivity contribution in [2.75, 3.05) is 6.61 Å². The maximum Gasteiger partial charge on any atom is 0.330 e. The summed E-state index contributed by atoms with van der Waals surface area (Å²) >= 11 is 0. The Morgan fingerprint density at radius 1 is 1.40 bits per heavy atom. The van der Waals surface area contributed by atoms with Crippen LogP contribution in [-0.4, -0.2) is 42.2 Å². The van der Waals surface area contributed by atoms with Crippen LogP contribution in [0, 0.1) is 16.0 Å². The number of hydrogen-bond acceptors (Lipinski definition) is 7. The van der Waals surface area contributed by atoms with Crippen molar-refractivity contribution in [3.8, 4) is 0 Å². The molecule has 1 aliphatic heterocycles. The van der Waals surface area contributed by atoms with Crippen molar-refractivity contribution in [3.63, 3.8) is 0 Å². The molecular weight excluding hydrogens is 352 g/mol. The van der Waals surface area contributed by atoms with Crippen molar-refractivity contribution in [2.24, 2.45) is 5.92 Å². The van der Waals surface area contributed by atoms with E-state index in [1.807, 2.05) is 0 Å². The highest BCUT2D eigenvalue weighted by atomic mass is 32.2. The highest BCUT2D eigenvalue weighted by molar-refractivity contribution is 7.89. The standard InChI is InChI=1S/C15H16N2O7S/c1-3-5-12-13(15(19)24-4-2)16(14(12)18)25(22,23)11-8-6-10(7-9-11)17(20)21/h3,6-9,12-13H,1,4-5H2,2H3. The number of nitrogens with zero attached hydrogens (tertiary/aromatic N) is 2. The molecule has 10 heteroatoms. The van der Waals surface area contributed by atoms with E-state index in [0.717, 1.165) is 24.3 Å². The molecule has 2 rings (SSSR count). The molecule has 2 atom stereocenters. The number of amides is 1. The number of carbonyl (C=O) groups is 2. The molecule has 0 radical (unpaired) electrons. The lowest BCUT2D eigenvalue weighted by molar-refractivity contribution is -0.384. The average molecular weight is 368 g/mol. The number of benzene rings is 1. The molecule has 25 heavy (non-hydrogen) atoms. The van der Waals surface area contributed by atoms with Crippen molar-refractivity contribution in [3.05, 3.63) is 47.0 Å². The van der Waals surface area contributed by atoms with E-state index in [2.05, 4.69) is 6.58 Å². The van der Waals surface area contributed by atoms with Gasteiger partial charge >= 0.3 is 5.97 Å². The van der Waals surface area contributed by atoms with Gasteiger partial charge in [0.1, 0.15) is 0 Å². The number of sulfonamides is 1. The van der Waals surface area contributed by atoms with Crippen LogP contribution in [-0.2, 0) is 24.3 Å². The summed E-state index contributed by atoms with van der Waals surface area (Å²) in [5.41, 5.74) is -0.291. The van der Waals surface area contributed by atoms with Crippen LogP contribution >= 0.6 is 0 Å². The molecule has 2 unspecified atom stereocenters. The Morgan fingerprint density at radius 2 is 2.00 bits per heavy atom. The van der Waals surface area contributed by atoms with E-state index < -0.39 is 38.8 Å². The molecule has 1 aliphatic rings. The topological polar surface area (TPSA) is 124 Å². The SMILES string of the molecule is C=CCC1C(=O)N(S(=O)(=O)c2ccc([N+](=O)[O-])cc2)C1C(=O)OCC. The zero-order valence-electron chi connectivity index (χ0n) is 13.3. The second kappa shape index (κ2) is 7.01. The Labute approximate surface area is 144 Å². The number of β-lactam (4-membered cyclic amide) rings is 1. The number of allylic oxidation sites excluding steroid dienone is 1. The largest absolute Gasteiger partial charge is 0.464 e. The summed E-state index contributed by atoms with van der Waals surface area (Å²) in [5.74, 6) is -2.42. The van der Waals surface area contributed by atoms with E-state index in [1.54, 1.807) is 6.92 Å². The molecule has 0 spiro atoms. The van der Waals surface area contributed by atoms with Crippen LogP contribution in [0.5, 0.6) is 0 Å². The van der Waals surface area contributed by atoms with Crippen molar-refractivity contribution in [1.82, 2.24) is 4.31 Å². The van der Waals surface area contributed by atoms with Crippen LogP contribution < -0.4 is 0 Å². The Kier molecular flexibility index (Phi) is 5.21. The second-order valence-corrected chi connectivity index (χ2v) is 7.03. The van der Waals surface area contributed by atoms with Gasteiger partial charge < -0.3 is 4.74 Å². The molecule has 0 bridgehead atoms. The van der Waals surface area contributed by atoms with Crippen LogP contribution in [0.3, 0.4) is 0 Å². The monoisotopic (exact) mass is 368 g/mol. The van der Waals surface area contributed by atoms with Crippen molar-refractivity contribution < 1.29 is 27.7 Å². The van der Waals surface area contributed by atoms with Crippen molar-refractivity contribution in [1.29, 1.82) is 0 Å². The smallest absolute Gasteiger partial charge is 0.330 e. The number of hydrogen-bond donors (Lipinski definition) is 0. The van der Waals surface area contributed by atoms with Crippen molar-refractivity contribution in [2.45, 2.75) is 24.3 Å². The molecule has 1 aromatic rings. The van der Waals surface area contributed by atoms with Gasteiger partial charge in [-0.25, -0.2) is 17.5 Å². The van der Waals surface area contributed by atoms with Gasteiger partial charge in [0.05, 0.1) is 22.3 Å². The number of carbonyl (C=O) groups excluding carboxylic acids is 2. The fraction of sp³-hybridized carbons (Fsp3) is 0.333. The number of rotatable bonds is 7. The van der Waals surface area contributed by atoms with E-state index in [9.17, 15) is 28.1 Å². The third kappa shape index (κ3) is 3.25. The Morgan fingerprint density at radius 3 is 2.48 bits per heavy atom. The third-order valence-electron chi connectivity index (χ3n) is 3.72. The number of esters is 1. The first-order chi connectivity index (χ1) is 11.8. The first-order valence-corrected chi connectivity index (χ1v) is 8.80. The fourth-order valence-electron chi connectivity index (χ4n) is 2.54. The highest BCUT2D eigenvalue weighted by Gasteiger charge is 2.57. The zero-order chi connectivity index (χ0) is 18.8. The first-order valence-electron chi connectivity index (χ1n) is 7.36. The number of nitro benzene ring substituents is 1. The summed E-state index contributed by atoms with van der Waals surface area (Å²) in [6.07, 6.45) is 1.55. The number of non-ortho nitro benzene ring substituents is 1. The van der Waals surface area contributed by atoms with Gasteiger partial charge in [-0.1, -0.05) is 6.08 Å². The Bertz CT molecular complexity index is 817. The molecule has 0 saturated carbocycles. The molecule has 1 heterocycles. The molecule has 0 aromatic heterocycles. The number of nitro groups is 1. The van der Waals surface area contributed by atoms with E-state index in [1.165, 1.54) is 6.08 Å². The van der Waals surface area contributed by atoms with Gasteiger partial charge in [0.2, 0.25) is 5.91 Å². The Hall–Kier alpha value is -2.75. The lowest BCUT2D eigenvalue weighted by atomic mass is 9.87. The van der Waals surface area contributed by atoms with Crippen LogP contribution in [0.1, 0.15) is 13.3 Å². The van der Waals surface area contributed by atoms with E-state index in [4.69, 9.17) is 4.74 Å². The minimum atomic E-state index is -4.33. The lowest BCUT2D eigenvalue weighted by Gasteiger charge is -2.43. The molecule has 1 fully saturated rings. The van der Waals surface area contributed by atoms with Gasteiger partial charge in [-0.2, -0.15) is 0 Å². The summed E-state index contributed by atoms with van der Waals surface area (Å²) < 4.78 is 30.7. The van der Waals surface area contributed by atoms with Gasteiger partial charge in [0.25, 0.3) is 15.7 Å². The summed E-state index contributed by atoms with van der Waals surface area (Å²) in [6, 6.07) is 2.79. The normalized spacial score (nSPS) is 19.9. The van der Waals surface area contributed by atoms with Crippen LogP contribution in [0.4, 0.5) is 5.69 Å². The minimum absolute atomic E-state index is 0.0375. The number of ether oxygens (including phenoxy) is 1. The summed E-state index contributed by atoms with van der Waals surface area (Å²) in [6.45, 7) is 5.10. The summed E-state index contributed by atoms with van der Waals surface area (Å²) in [7, 11) is -4.33.